The Morgan fingerprint density at radius 3 is 2.41 bits per heavy atom. The number of carbonyl (C=O) groups is 2. The quantitative estimate of drug-likeness (QED) is 0.647. The van der Waals surface area contributed by atoms with Gasteiger partial charge in [-0.2, -0.15) is 0 Å². The molecule has 7 rings (SSSR count). The predicted molar refractivity (Wildman–Crippen MR) is 129 cm³/mol. The number of carbonyl (C=O) groups excluding carboxylic acids is 2. The first kappa shape index (κ1) is 21.4. The summed E-state index contributed by atoms with van der Waals surface area (Å²) in [5.41, 5.74) is 3.20. The van der Waals surface area contributed by atoms with Crippen LogP contribution in [0.1, 0.15) is 33.8 Å². The van der Waals surface area contributed by atoms with E-state index in [-0.39, 0.29) is 17.9 Å². The van der Waals surface area contributed by atoms with Crippen molar-refractivity contribution < 1.29 is 18.7 Å². The Morgan fingerprint density at radius 1 is 0.941 bits per heavy atom. The fourth-order valence-corrected chi connectivity index (χ4v) is 5.51. The van der Waals surface area contributed by atoms with Crippen molar-refractivity contribution in [1.82, 2.24) is 15.1 Å². The molecule has 1 aromatic heterocycles. The highest BCUT2D eigenvalue weighted by Crippen LogP contribution is 2.32. The Kier molecular flexibility index (Phi) is 5.59. The minimum atomic E-state index is -0.146. The van der Waals surface area contributed by atoms with Crippen molar-refractivity contribution in [2.45, 2.75) is 18.9 Å². The summed E-state index contributed by atoms with van der Waals surface area (Å²) in [5.74, 6) is 0.788. The minimum absolute atomic E-state index is 0.0257. The lowest BCUT2D eigenvalue weighted by Crippen LogP contribution is -2.57. The number of fused-ring (bicyclic) bond motifs is 4. The van der Waals surface area contributed by atoms with Gasteiger partial charge in [-0.05, 0) is 55.6 Å². The minimum Gasteiger partial charge on any atom is -0.450 e. The number of para-hydroxylation sites is 1. The molecule has 1 atom stereocenters. The van der Waals surface area contributed by atoms with Crippen LogP contribution >= 0.6 is 0 Å². The summed E-state index contributed by atoms with van der Waals surface area (Å²) in [6.45, 7) is 5.62. The number of amides is 2. The van der Waals surface area contributed by atoms with E-state index in [1.54, 1.807) is 0 Å². The maximum atomic E-state index is 13.0. The lowest BCUT2D eigenvalue weighted by atomic mass is 9.84. The summed E-state index contributed by atoms with van der Waals surface area (Å²) in [4.78, 5) is 30.0. The van der Waals surface area contributed by atoms with Gasteiger partial charge < -0.3 is 24.3 Å². The lowest BCUT2D eigenvalue weighted by Gasteiger charge is -2.44. The van der Waals surface area contributed by atoms with Crippen molar-refractivity contribution in [3.8, 4) is 11.1 Å². The number of hydrogen-bond donors (Lipinski definition) is 1. The van der Waals surface area contributed by atoms with E-state index >= 15 is 0 Å². The molecule has 4 saturated heterocycles. The topological polar surface area (TPSA) is 75.0 Å². The van der Waals surface area contributed by atoms with Crippen LogP contribution < -0.4 is 5.32 Å². The molecule has 1 N–H and O–H groups in total. The Balaban J connectivity index is 1.22. The van der Waals surface area contributed by atoms with Crippen LogP contribution in [-0.2, 0) is 4.74 Å². The number of rotatable bonds is 4. The van der Waals surface area contributed by atoms with Crippen molar-refractivity contribution in [3.05, 3.63) is 59.9 Å². The third-order valence-electron chi connectivity index (χ3n) is 7.48. The molecule has 0 aliphatic carbocycles. The summed E-state index contributed by atoms with van der Waals surface area (Å²) >= 11 is 0. The second-order valence-corrected chi connectivity index (χ2v) is 9.53. The fraction of sp³-hybridized carbons (Fsp3) is 0.407. The number of benzene rings is 2. The van der Waals surface area contributed by atoms with E-state index in [9.17, 15) is 9.59 Å². The highest BCUT2D eigenvalue weighted by Gasteiger charge is 2.35. The van der Waals surface area contributed by atoms with Gasteiger partial charge in [0.25, 0.3) is 11.8 Å². The van der Waals surface area contributed by atoms with Crippen molar-refractivity contribution in [2.24, 2.45) is 5.92 Å². The van der Waals surface area contributed by atoms with Crippen LogP contribution in [0.2, 0.25) is 0 Å². The first-order valence-electron chi connectivity index (χ1n) is 12.2. The van der Waals surface area contributed by atoms with Crippen molar-refractivity contribution in [2.75, 3.05) is 45.9 Å². The zero-order valence-corrected chi connectivity index (χ0v) is 19.2. The Bertz CT molecular complexity index is 1200. The average Bonchev–Trinajstić information content (AvgIpc) is 3.35. The molecule has 0 saturated carbocycles. The SMILES string of the molecule is O=C(N[C@H]1CN2CCC1CC2)c1cc2cccc(-c3ccc(C(=O)N4CCOCC4)cc3)c2o1. The molecule has 0 radical (unpaired) electrons. The molecular weight excluding hydrogens is 430 g/mol. The normalized spacial score (nSPS) is 24.4. The first-order valence-corrected chi connectivity index (χ1v) is 12.2. The zero-order valence-electron chi connectivity index (χ0n) is 19.2. The number of nitrogens with one attached hydrogen (secondary N) is 1. The van der Waals surface area contributed by atoms with E-state index in [0.29, 0.717) is 49.1 Å². The van der Waals surface area contributed by atoms with E-state index in [1.807, 2.05) is 53.4 Å². The molecule has 34 heavy (non-hydrogen) atoms. The monoisotopic (exact) mass is 459 g/mol. The lowest BCUT2D eigenvalue weighted by molar-refractivity contribution is 0.0303. The third kappa shape index (κ3) is 3.99. The second kappa shape index (κ2) is 8.89. The number of nitrogens with zero attached hydrogens (tertiary/aromatic N) is 2. The zero-order chi connectivity index (χ0) is 23.1. The van der Waals surface area contributed by atoms with Crippen LogP contribution in [0.25, 0.3) is 22.1 Å². The van der Waals surface area contributed by atoms with E-state index < -0.39 is 0 Å². The van der Waals surface area contributed by atoms with E-state index in [2.05, 4.69) is 10.2 Å². The highest BCUT2D eigenvalue weighted by molar-refractivity contribution is 6.00. The van der Waals surface area contributed by atoms with Crippen LogP contribution in [0.4, 0.5) is 0 Å². The number of ether oxygens (including phenoxy) is 1. The Labute approximate surface area is 198 Å². The van der Waals surface area contributed by atoms with Crippen LogP contribution in [0.3, 0.4) is 0 Å². The predicted octanol–water partition coefficient (Wildman–Crippen LogP) is 3.40. The maximum absolute atomic E-state index is 13.0. The van der Waals surface area contributed by atoms with Crippen LogP contribution in [0.5, 0.6) is 0 Å². The van der Waals surface area contributed by atoms with Gasteiger partial charge in [-0.1, -0.05) is 30.3 Å². The molecule has 176 valence electrons. The van der Waals surface area contributed by atoms with Gasteiger partial charge in [0.05, 0.1) is 13.2 Å². The van der Waals surface area contributed by atoms with E-state index in [0.717, 1.165) is 49.0 Å². The molecule has 2 aromatic carbocycles. The molecule has 4 aliphatic rings. The fourth-order valence-electron chi connectivity index (χ4n) is 5.51. The van der Waals surface area contributed by atoms with Crippen molar-refractivity contribution >= 4 is 22.8 Å². The smallest absolute Gasteiger partial charge is 0.287 e. The number of hydrogen-bond acceptors (Lipinski definition) is 5. The summed E-state index contributed by atoms with van der Waals surface area (Å²) in [6.07, 6.45) is 2.30. The first-order chi connectivity index (χ1) is 16.7. The van der Waals surface area contributed by atoms with Gasteiger partial charge in [-0.3, -0.25) is 9.59 Å². The molecule has 0 unspecified atom stereocenters. The van der Waals surface area contributed by atoms with Crippen molar-refractivity contribution in [1.29, 1.82) is 0 Å². The average molecular weight is 460 g/mol. The standard InChI is InChI=1S/C27H29N3O4/c31-26(28-23-17-29-10-8-19(23)9-11-29)24-16-21-2-1-3-22(25(21)34-24)18-4-6-20(7-5-18)27(32)30-12-14-33-15-13-30/h1-7,16,19,23H,8-15,17H2,(H,28,31)/t23-/m0/s1. The van der Waals surface area contributed by atoms with E-state index in [1.165, 1.54) is 0 Å². The second-order valence-electron chi connectivity index (χ2n) is 9.53. The summed E-state index contributed by atoms with van der Waals surface area (Å²) in [7, 11) is 0. The van der Waals surface area contributed by atoms with Gasteiger partial charge in [0.15, 0.2) is 5.76 Å². The molecule has 4 fully saturated rings. The molecule has 0 spiro atoms. The van der Waals surface area contributed by atoms with Crippen LogP contribution in [-0.4, -0.2) is 73.6 Å². The van der Waals surface area contributed by atoms with Crippen LogP contribution in [0.15, 0.2) is 52.9 Å². The summed E-state index contributed by atoms with van der Waals surface area (Å²) in [5, 5.41) is 4.11. The largest absolute Gasteiger partial charge is 0.450 e. The Hall–Kier alpha value is -3.16. The molecule has 4 aliphatic heterocycles. The highest BCUT2D eigenvalue weighted by atomic mass is 16.5. The maximum Gasteiger partial charge on any atom is 0.287 e. The molecular formula is C27H29N3O4. The van der Waals surface area contributed by atoms with Gasteiger partial charge in [0.2, 0.25) is 0 Å². The number of furan rings is 1. The third-order valence-corrected chi connectivity index (χ3v) is 7.48. The van der Waals surface area contributed by atoms with Gasteiger partial charge in [0, 0.05) is 42.2 Å². The van der Waals surface area contributed by atoms with Crippen molar-refractivity contribution in [3.63, 3.8) is 0 Å². The van der Waals surface area contributed by atoms with E-state index in [4.69, 9.17) is 9.15 Å². The molecule has 7 nitrogen and oxygen atoms in total. The number of morpholine rings is 1. The summed E-state index contributed by atoms with van der Waals surface area (Å²) < 4.78 is 11.4. The van der Waals surface area contributed by atoms with Gasteiger partial charge in [-0.25, -0.2) is 0 Å². The molecule has 2 amide bonds. The van der Waals surface area contributed by atoms with Crippen LogP contribution in [0, 0.1) is 5.92 Å². The number of piperidine rings is 3. The summed E-state index contributed by atoms with van der Waals surface area (Å²) in [6, 6.07) is 15.5. The van der Waals surface area contributed by atoms with Gasteiger partial charge >= 0.3 is 0 Å². The van der Waals surface area contributed by atoms with Gasteiger partial charge in [0.1, 0.15) is 5.58 Å². The molecule has 3 aromatic rings. The molecule has 2 bridgehead atoms. The Morgan fingerprint density at radius 2 is 1.71 bits per heavy atom. The molecule has 7 heteroatoms. The molecule has 5 heterocycles. The van der Waals surface area contributed by atoms with Gasteiger partial charge in [-0.15, -0.1) is 0 Å².